The molecule has 6 rings (SSSR count). The van der Waals surface area contributed by atoms with Gasteiger partial charge in [-0.15, -0.1) is 10.2 Å². The molecule has 10 heteroatoms. The van der Waals surface area contributed by atoms with Gasteiger partial charge in [0.25, 0.3) is 11.5 Å². The van der Waals surface area contributed by atoms with Crippen molar-refractivity contribution in [2.75, 3.05) is 12.0 Å². The van der Waals surface area contributed by atoms with Gasteiger partial charge in [-0.2, -0.15) is 5.10 Å². The van der Waals surface area contributed by atoms with E-state index in [4.69, 9.17) is 4.74 Å². The van der Waals surface area contributed by atoms with Gasteiger partial charge in [-0.3, -0.25) is 15.0 Å². The molecule has 9 nitrogen and oxygen atoms in total. The monoisotopic (exact) mass is 508 g/mol. The van der Waals surface area contributed by atoms with Gasteiger partial charge in [0.2, 0.25) is 0 Å². The van der Waals surface area contributed by atoms with Crippen molar-refractivity contribution in [1.82, 2.24) is 24.5 Å². The predicted molar refractivity (Wildman–Crippen MR) is 141 cm³/mol. The lowest BCUT2D eigenvalue weighted by Crippen LogP contribution is -2.35. The third-order valence-corrected chi connectivity index (χ3v) is 6.26. The van der Waals surface area contributed by atoms with Crippen LogP contribution in [0.3, 0.4) is 0 Å². The highest BCUT2D eigenvalue weighted by Crippen LogP contribution is 2.29. The van der Waals surface area contributed by atoms with Crippen LogP contribution in [-0.2, 0) is 11.2 Å². The van der Waals surface area contributed by atoms with Crippen LogP contribution in [0.4, 0.5) is 4.39 Å². The second kappa shape index (κ2) is 9.40. The molecule has 0 aliphatic heterocycles. The van der Waals surface area contributed by atoms with Crippen molar-refractivity contribution in [3.8, 4) is 16.9 Å². The molecule has 3 aromatic heterocycles. The third-order valence-electron chi connectivity index (χ3n) is 6.26. The summed E-state index contributed by atoms with van der Waals surface area (Å²) in [6, 6.07) is 21.1. The van der Waals surface area contributed by atoms with E-state index in [0.29, 0.717) is 23.3 Å². The number of fused-ring (bicyclic) bond motifs is 4. The van der Waals surface area contributed by atoms with Crippen molar-refractivity contribution in [1.29, 1.82) is 0 Å². The Hall–Kier alpha value is -5.12. The van der Waals surface area contributed by atoms with E-state index in [1.165, 1.54) is 18.3 Å². The van der Waals surface area contributed by atoms with Crippen LogP contribution in [0, 0.1) is 5.82 Å². The van der Waals surface area contributed by atoms with Crippen molar-refractivity contribution in [2.45, 2.75) is 13.3 Å². The summed E-state index contributed by atoms with van der Waals surface area (Å²) in [6.07, 6.45) is 2.03. The van der Waals surface area contributed by atoms with E-state index in [9.17, 15) is 14.0 Å². The number of benzene rings is 3. The van der Waals surface area contributed by atoms with Crippen molar-refractivity contribution >= 4 is 33.4 Å². The predicted octanol–water partition coefficient (Wildman–Crippen LogP) is 4.11. The maximum atomic E-state index is 13.5. The first kappa shape index (κ1) is 23.3. The van der Waals surface area contributed by atoms with Gasteiger partial charge in [0.15, 0.2) is 17.8 Å². The number of hydrogen-bond donors (Lipinski definition) is 1. The zero-order valence-electron chi connectivity index (χ0n) is 20.3. The lowest BCUT2D eigenvalue weighted by atomic mass is 10.0. The van der Waals surface area contributed by atoms with Crippen LogP contribution in [0.15, 0.2) is 83.8 Å². The van der Waals surface area contributed by atoms with Crippen molar-refractivity contribution in [3.63, 3.8) is 0 Å². The van der Waals surface area contributed by atoms with E-state index < -0.39 is 11.5 Å². The van der Waals surface area contributed by atoms with Crippen LogP contribution in [0.25, 0.3) is 38.6 Å². The first-order chi connectivity index (χ1) is 18.5. The molecule has 0 aliphatic carbocycles. The number of amides is 1. The second-order valence-electron chi connectivity index (χ2n) is 8.67. The number of carbonyl (C=O) groups is 1. The average molecular weight is 509 g/mol. The topological polar surface area (TPSA) is 103 Å². The minimum absolute atomic E-state index is 0.0338. The van der Waals surface area contributed by atoms with Crippen molar-refractivity contribution in [3.05, 3.63) is 101 Å². The van der Waals surface area contributed by atoms with Gasteiger partial charge >= 0.3 is 0 Å². The number of ether oxygens (including phenoxy) is 1. The fourth-order valence-corrected chi connectivity index (χ4v) is 4.41. The minimum atomic E-state index is -0.562. The summed E-state index contributed by atoms with van der Waals surface area (Å²) >= 11 is 0. The van der Waals surface area contributed by atoms with Crippen LogP contribution in [0.2, 0.25) is 0 Å². The van der Waals surface area contributed by atoms with Gasteiger partial charge < -0.3 is 4.74 Å². The smallest absolute Gasteiger partial charge is 0.299 e. The van der Waals surface area contributed by atoms with Gasteiger partial charge in [0, 0.05) is 6.20 Å². The number of halogens is 1. The molecule has 0 unspecified atom stereocenters. The molecular weight excluding hydrogens is 487 g/mol. The van der Waals surface area contributed by atoms with Gasteiger partial charge in [-0.1, -0.05) is 49.4 Å². The molecule has 6 aromatic rings. The third kappa shape index (κ3) is 4.11. The summed E-state index contributed by atoms with van der Waals surface area (Å²) in [6.45, 7) is 1.67. The molecule has 0 bridgehead atoms. The van der Waals surface area contributed by atoms with Crippen molar-refractivity contribution in [2.24, 2.45) is 0 Å². The Bertz CT molecular complexity index is 1900. The Kier molecular flexibility index (Phi) is 5.76. The number of carbonyl (C=O) groups excluding carboxylic acids is 1. The number of nitrogens with one attached hydrogen (secondary N) is 1. The molecule has 0 atom stereocenters. The summed E-state index contributed by atoms with van der Waals surface area (Å²) < 4.78 is 21.7. The van der Waals surface area contributed by atoms with E-state index in [1.807, 2.05) is 43.3 Å². The van der Waals surface area contributed by atoms with Crippen LogP contribution in [0.1, 0.15) is 12.6 Å². The van der Waals surface area contributed by atoms with Gasteiger partial charge in [-0.25, -0.2) is 13.6 Å². The highest BCUT2D eigenvalue weighted by atomic mass is 19.1. The zero-order valence-corrected chi connectivity index (χ0v) is 20.3. The van der Waals surface area contributed by atoms with E-state index >= 15 is 0 Å². The fraction of sp³-hybridized carbons (Fsp3) is 0.107. The molecule has 188 valence electrons. The van der Waals surface area contributed by atoms with E-state index in [-0.39, 0.29) is 17.9 Å². The molecule has 0 saturated heterocycles. The first-order valence-electron chi connectivity index (χ1n) is 12.0. The highest BCUT2D eigenvalue weighted by molar-refractivity contribution is 5.87. The summed E-state index contributed by atoms with van der Waals surface area (Å²) in [5, 5.41) is 15.1. The first-order valence-corrected chi connectivity index (χ1v) is 12.0. The van der Waals surface area contributed by atoms with Crippen LogP contribution >= 0.6 is 0 Å². The molecule has 0 radical (unpaired) electrons. The maximum absolute atomic E-state index is 13.5. The van der Waals surface area contributed by atoms with Crippen LogP contribution in [-0.4, -0.2) is 37.0 Å². The van der Waals surface area contributed by atoms with E-state index in [1.54, 1.807) is 28.8 Å². The molecule has 3 heterocycles. The van der Waals surface area contributed by atoms with Crippen LogP contribution in [0.5, 0.6) is 5.75 Å². The fourth-order valence-electron chi connectivity index (χ4n) is 4.41. The Morgan fingerprint density at radius 1 is 1.00 bits per heavy atom. The molecular formula is C28H21FN6O3. The quantitative estimate of drug-likeness (QED) is 0.363. The Balaban J connectivity index is 1.28. The largest absolute Gasteiger partial charge is 0.484 e. The van der Waals surface area contributed by atoms with Gasteiger partial charge in [-0.05, 0) is 53.1 Å². The average Bonchev–Trinajstić information content (AvgIpc) is 3.33. The van der Waals surface area contributed by atoms with E-state index in [0.717, 1.165) is 32.3 Å². The minimum Gasteiger partial charge on any atom is -0.484 e. The van der Waals surface area contributed by atoms with Gasteiger partial charge in [0.1, 0.15) is 17.1 Å². The lowest BCUT2D eigenvalue weighted by molar-refractivity contribution is -0.119. The highest BCUT2D eigenvalue weighted by Gasteiger charge is 2.19. The number of aromatic nitrogens is 5. The summed E-state index contributed by atoms with van der Waals surface area (Å²) in [5.41, 5.74) is 5.09. The molecule has 1 N–H and O–H groups in total. The standard InChI is InChI=1S/C28H21FN6O3/c1-2-22-25(18-7-10-20(29)11-8-18)27-31-30-26-23(35(27)32-22)13-14-34(28(26)37)33-24(36)16-38-21-12-9-17-5-3-4-6-19(17)15-21/h3-15H,2,16H2,1H3,(H,33,36). The number of rotatable bonds is 6. The molecule has 0 saturated carbocycles. The van der Waals surface area contributed by atoms with Crippen LogP contribution < -0.4 is 15.7 Å². The molecule has 0 spiro atoms. The normalized spacial score (nSPS) is 11.3. The number of nitrogens with zero attached hydrogens (tertiary/aromatic N) is 5. The van der Waals surface area contributed by atoms with Crippen molar-refractivity contribution < 1.29 is 13.9 Å². The molecule has 0 aliphatic rings. The Morgan fingerprint density at radius 3 is 2.58 bits per heavy atom. The number of pyridine rings is 1. The summed E-state index contributed by atoms with van der Waals surface area (Å²) in [7, 11) is 0. The molecule has 0 fully saturated rings. The maximum Gasteiger partial charge on any atom is 0.299 e. The van der Waals surface area contributed by atoms with Gasteiger partial charge in [0.05, 0.1) is 11.3 Å². The van der Waals surface area contributed by atoms with E-state index in [2.05, 4.69) is 20.7 Å². The summed E-state index contributed by atoms with van der Waals surface area (Å²) in [4.78, 5) is 25.7. The SMILES string of the molecule is CCc1nn2c(nnc3c(=O)n(NC(=O)COc4ccc5ccccc5c4)ccc32)c1-c1ccc(F)cc1. The number of hydrogen-bond acceptors (Lipinski definition) is 6. The molecule has 1 amide bonds. The molecule has 3 aromatic carbocycles. The zero-order chi connectivity index (χ0) is 26.2. The Labute approximate surface area is 215 Å². The summed E-state index contributed by atoms with van der Waals surface area (Å²) in [5.74, 6) is -0.315. The Morgan fingerprint density at radius 2 is 1.79 bits per heavy atom. The number of aryl methyl sites for hydroxylation is 1. The lowest BCUT2D eigenvalue weighted by Gasteiger charge is -2.10. The second-order valence-corrected chi connectivity index (χ2v) is 8.67. The molecule has 38 heavy (non-hydrogen) atoms.